The molecule has 5 nitrogen and oxygen atoms in total. The van der Waals surface area contributed by atoms with E-state index in [1.54, 1.807) is 29.5 Å². The van der Waals surface area contributed by atoms with Crippen LogP contribution in [-0.2, 0) is 11.3 Å². The quantitative estimate of drug-likeness (QED) is 0.803. The minimum atomic E-state index is -0.336. The maximum absolute atomic E-state index is 11.8. The molecular weight excluding hydrogens is 310 g/mol. The first-order valence-electron chi connectivity index (χ1n) is 6.19. The summed E-state index contributed by atoms with van der Waals surface area (Å²) in [6.07, 6.45) is 0. The maximum atomic E-state index is 11.8. The molecule has 2 rings (SSSR count). The molecule has 0 unspecified atom stereocenters. The molecule has 0 bridgehead atoms. The third-order valence-electron chi connectivity index (χ3n) is 2.54. The minimum Gasteiger partial charge on any atom is -0.333 e. The molecule has 0 saturated heterocycles. The number of hydrogen-bond donors (Lipinski definition) is 3. The van der Waals surface area contributed by atoms with Crippen LogP contribution in [0.5, 0.6) is 0 Å². The Labute approximate surface area is 131 Å². The molecule has 1 aromatic heterocycles. The Morgan fingerprint density at radius 1 is 1.24 bits per heavy atom. The van der Waals surface area contributed by atoms with Crippen molar-refractivity contribution in [1.82, 2.24) is 5.32 Å². The third-order valence-corrected chi connectivity index (χ3v) is 3.73. The maximum Gasteiger partial charge on any atom is 0.319 e. The van der Waals surface area contributed by atoms with Gasteiger partial charge in [0.1, 0.15) is 0 Å². The molecule has 3 N–H and O–H groups in total. The largest absolute Gasteiger partial charge is 0.333 e. The van der Waals surface area contributed by atoms with Crippen molar-refractivity contribution < 1.29 is 9.59 Å². The Bertz CT molecular complexity index is 644. The first-order valence-corrected chi connectivity index (χ1v) is 7.45. The summed E-state index contributed by atoms with van der Waals surface area (Å²) in [7, 11) is 0. The number of benzene rings is 1. The molecule has 0 radical (unpaired) electrons. The number of hydrogen-bond acceptors (Lipinski definition) is 3. The summed E-state index contributed by atoms with van der Waals surface area (Å²) < 4.78 is 0. The number of carbonyl (C=O) groups excluding carboxylic acids is 2. The highest BCUT2D eigenvalue weighted by molar-refractivity contribution is 7.09. The first-order chi connectivity index (χ1) is 10.0. The van der Waals surface area contributed by atoms with Gasteiger partial charge >= 0.3 is 6.03 Å². The van der Waals surface area contributed by atoms with E-state index in [9.17, 15) is 9.59 Å². The van der Waals surface area contributed by atoms with E-state index in [1.165, 1.54) is 6.92 Å². The van der Waals surface area contributed by atoms with Crippen molar-refractivity contribution in [3.05, 3.63) is 45.6 Å². The minimum absolute atomic E-state index is 0.180. The number of thiophene rings is 1. The smallest absolute Gasteiger partial charge is 0.319 e. The highest BCUT2D eigenvalue weighted by Crippen LogP contribution is 2.25. The van der Waals surface area contributed by atoms with Crippen molar-refractivity contribution in [2.45, 2.75) is 13.5 Å². The van der Waals surface area contributed by atoms with Gasteiger partial charge in [-0.2, -0.15) is 0 Å². The normalized spacial score (nSPS) is 10.0. The highest BCUT2D eigenvalue weighted by Gasteiger charge is 2.07. The summed E-state index contributed by atoms with van der Waals surface area (Å²) >= 11 is 7.64. The average Bonchev–Trinajstić information content (AvgIpc) is 2.92. The Hall–Kier alpha value is -2.05. The lowest BCUT2D eigenvalue weighted by atomic mass is 10.2. The molecule has 0 aliphatic carbocycles. The molecular formula is C14H14ClN3O2S. The molecule has 21 heavy (non-hydrogen) atoms. The average molecular weight is 324 g/mol. The Morgan fingerprint density at radius 2 is 2.05 bits per heavy atom. The molecule has 0 atom stereocenters. The molecule has 0 saturated carbocycles. The molecule has 1 heterocycles. The summed E-state index contributed by atoms with van der Waals surface area (Å²) in [6.45, 7) is 1.88. The topological polar surface area (TPSA) is 70.2 Å². The zero-order valence-electron chi connectivity index (χ0n) is 11.3. The first kappa shape index (κ1) is 15.3. The molecule has 0 spiro atoms. The van der Waals surface area contributed by atoms with Crippen LogP contribution in [0.4, 0.5) is 16.2 Å². The van der Waals surface area contributed by atoms with Gasteiger partial charge in [-0.15, -0.1) is 11.3 Å². The van der Waals surface area contributed by atoms with Crippen LogP contribution in [-0.4, -0.2) is 11.9 Å². The van der Waals surface area contributed by atoms with Crippen molar-refractivity contribution in [2.75, 3.05) is 10.6 Å². The SMILES string of the molecule is CC(=O)Nc1ccc(NC(=O)NCc2cccs2)c(Cl)c1. The van der Waals surface area contributed by atoms with Crippen molar-refractivity contribution in [3.63, 3.8) is 0 Å². The highest BCUT2D eigenvalue weighted by atomic mass is 35.5. The van der Waals surface area contributed by atoms with Gasteiger partial charge in [0, 0.05) is 17.5 Å². The fraction of sp³-hybridized carbons (Fsp3) is 0.143. The van der Waals surface area contributed by atoms with E-state index >= 15 is 0 Å². The number of anilines is 2. The van der Waals surface area contributed by atoms with Crippen molar-refractivity contribution in [2.24, 2.45) is 0 Å². The molecule has 1 aromatic carbocycles. The second kappa shape index (κ2) is 7.10. The lowest BCUT2D eigenvalue weighted by Crippen LogP contribution is -2.27. The van der Waals surface area contributed by atoms with Gasteiger partial charge in [-0.25, -0.2) is 4.79 Å². The van der Waals surface area contributed by atoms with Gasteiger partial charge in [-0.3, -0.25) is 4.79 Å². The van der Waals surface area contributed by atoms with E-state index in [1.807, 2.05) is 17.5 Å². The molecule has 0 fully saturated rings. The summed E-state index contributed by atoms with van der Waals surface area (Å²) in [5.41, 5.74) is 1.06. The van der Waals surface area contributed by atoms with Crippen molar-refractivity contribution >= 4 is 46.3 Å². The summed E-state index contributed by atoms with van der Waals surface area (Å²) in [6, 6.07) is 8.42. The number of rotatable bonds is 4. The van der Waals surface area contributed by atoms with Gasteiger partial charge in [0.15, 0.2) is 0 Å². The zero-order valence-corrected chi connectivity index (χ0v) is 12.8. The molecule has 0 aliphatic rings. The number of urea groups is 1. The predicted molar refractivity (Wildman–Crippen MR) is 85.9 cm³/mol. The van der Waals surface area contributed by atoms with Crippen LogP contribution in [0.3, 0.4) is 0 Å². The zero-order chi connectivity index (χ0) is 15.2. The second-order valence-corrected chi connectivity index (χ2v) is 5.70. The molecule has 110 valence electrons. The molecule has 2 aromatic rings. The second-order valence-electron chi connectivity index (χ2n) is 4.26. The number of carbonyl (C=O) groups is 2. The van der Waals surface area contributed by atoms with E-state index in [0.717, 1.165) is 4.88 Å². The Balaban J connectivity index is 1.92. The summed E-state index contributed by atoms with van der Waals surface area (Å²) in [4.78, 5) is 23.8. The van der Waals surface area contributed by atoms with Crippen molar-refractivity contribution in [3.8, 4) is 0 Å². The summed E-state index contributed by atoms with van der Waals surface area (Å²) in [5.74, 6) is -0.180. The van der Waals surface area contributed by atoms with Crippen LogP contribution in [0.15, 0.2) is 35.7 Å². The van der Waals surface area contributed by atoms with Gasteiger partial charge in [0.25, 0.3) is 0 Å². The van der Waals surface area contributed by atoms with E-state index in [0.29, 0.717) is 22.9 Å². The van der Waals surface area contributed by atoms with Crippen LogP contribution in [0.25, 0.3) is 0 Å². The van der Waals surface area contributed by atoms with Crippen LogP contribution in [0.1, 0.15) is 11.8 Å². The monoisotopic (exact) mass is 323 g/mol. The molecule has 0 aliphatic heterocycles. The van der Waals surface area contributed by atoms with Crippen LogP contribution in [0.2, 0.25) is 5.02 Å². The lowest BCUT2D eigenvalue weighted by molar-refractivity contribution is -0.114. The van der Waals surface area contributed by atoms with Crippen LogP contribution < -0.4 is 16.0 Å². The van der Waals surface area contributed by atoms with E-state index in [2.05, 4.69) is 16.0 Å². The Morgan fingerprint density at radius 3 is 2.67 bits per heavy atom. The van der Waals surface area contributed by atoms with E-state index in [4.69, 9.17) is 11.6 Å². The van der Waals surface area contributed by atoms with Crippen LogP contribution in [0, 0.1) is 0 Å². The van der Waals surface area contributed by atoms with E-state index in [-0.39, 0.29) is 11.9 Å². The Kier molecular flexibility index (Phi) is 5.19. The summed E-state index contributed by atoms with van der Waals surface area (Å²) in [5, 5.41) is 10.3. The van der Waals surface area contributed by atoms with Gasteiger partial charge in [0.2, 0.25) is 5.91 Å². The third kappa shape index (κ3) is 4.77. The number of halogens is 1. The van der Waals surface area contributed by atoms with E-state index < -0.39 is 0 Å². The van der Waals surface area contributed by atoms with Crippen molar-refractivity contribution in [1.29, 1.82) is 0 Å². The van der Waals surface area contributed by atoms with Crippen LogP contribution >= 0.6 is 22.9 Å². The van der Waals surface area contributed by atoms with Gasteiger partial charge in [-0.05, 0) is 29.6 Å². The predicted octanol–water partition coefficient (Wildman–Crippen LogP) is 3.68. The standard InChI is InChI=1S/C14H14ClN3O2S/c1-9(19)17-10-4-5-13(12(15)7-10)18-14(20)16-8-11-3-2-6-21-11/h2-7H,8H2,1H3,(H,17,19)(H2,16,18,20). The molecule has 3 amide bonds. The van der Waals surface area contributed by atoms with Gasteiger partial charge in [0.05, 0.1) is 17.3 Å². The van der Waals surface area contributed by atoms with Gasteiger partial charge in [-0.1, -0.05) is 17.7 Å². The van der Waals surface area contributed by atoms with Gasteiger partial charge < -0.3 is 16.0 Å². The lowest BCUT2D eigenvalue weighted by Gasteiger charge is -2.10. The number of nitrogens with one attached hydrogen (secondary N) is 3. The fourth-order valence-corrected chi connectivity index (χ4v) is 2.52. The molecule has 7 heteroatoms. The number of amides is 3. The fourth-order valence-electron chi connectivity index (χ4n) is 1.64.